The molecule has 0 bridgehead atoms. The van der Waals surface area contributed by atoms with Gasteiger partial charge in [-0.1, -0.05) is 6.42 Å². The zero-order chi connectivity index (χ0) is 16.8. The maximum atomic E-state index is 12.5. The van der Waals surface area contributed by atoms with Crippen LogP contribution in [0, 0.1) is 0 Å². The third-order valence-corrected chi connectivity index (χ3v) is 4.60. The van der Waals surface area contributed by atoms with Crippen LogP contribution in [0.15, 0.2) is 12.1 Å². The van der Waals surface area contributed by atoms with Crippen LogP contribution >= 0.6 is 0 Å². The van der Waals surface area contributed by atoms with E-state index in [1.807, 2.05) is 17.0 Å². The van der Waals surface area contributed by atoms with Gasteiger partial charge in [0.25, 0.3) is 0 Å². The normalized spacial score (nSPS) is 16.9. The Balaban J connectivity index is 2.10. The minimum atomic E-state index is 0.0700. The van der Waals surface area contributed by atoms with Gasteiger partial charge in [-0.2, -0.15) is 0 Å². The SMILES string of the molecule is COc1cc2c(cc1OC)C(C)N(C(=O)CCCCCN)CC2. The Kier molecular flexibility index (Phi) is 6.28. The van der Waals surface area contributed by atoms with Gasteiger partial charge in [0, 0.05) is 13.0 Å². The van der Waals surface area contributed by atoms with Crippen molar-refractivity contribution in [2.75, 3.05) is 27.3 Å². The van der Waals surface area contributed by atoms with Gasteiger partial charge in [-0.15, -0.1) is 0 Å². The highest BCUT2D eigenvalue weighted by Gasteiger charge is 2.28. The van der Waals surface area contributed by atoms with E-state index >= 15 is 0 Å². The number of benzene rings is 1. The first-order valence-electron chi connectivity index (χ1n) is 8.36. The highest BCUT2D eigenvalue weighted by molar-refractivity contribution is 5.77. The summed E-state index contributed by atoms with van der Waals surface area (Å²) in [6.45, 7) is 3.55. The van der Waals surface area contributed by atoms with Gasteiger partial charge in [0.15, 0.2) is 11.5 Å². The summed E-state index contributed by atoms with van der Waals surface area (Å²) in [5.74, 6) is 1.70. The number of nitrogens with zero attached hydrogens (tertiary/aromatic N) is 1. The smallest absolute Gasteiger partial charge is 0.223 e. The van der Waals surface area contributed by atoms with Crippen molar-refractivity contribution >= 4 is 5.91 Å². The molecule has 1 aromatic carbocycles. The summed E-state index contributed by atoms with van der Waals surface area (Å²) in [5.41, 5.74) is 7.89. The molecule has 1 heterocycles. The number of hydrogen-bond donors (Lipinski definition) is 1. The van der Waals surface area contributed by atoms with Gasteiger partial charge in [0.1, 0.15) is 0 Å². The molecule has 0 saturated heterocycles. The van der Waals surface area contributed by atoms with E-state index in [9.17, 15) is 4.79 Å². The van der Waals surface area contributed by atoms with Gasteiger partial charge >= 0.3 is 0 Å². The number of rotatable bonds is 7. The second kappa shape index (κ2) is 8.20. The summed E-state index contributed by atoms with van der Waals surface area (Å²) in [6, 6.07) is 4.11. The molecule has 1 aromatic rings. The summed E-state index contributed by atoms with van der Waals surface area (Å²) >= 11 is 0. The van der Waals surface area contributed by atoms with Crippen LogP contribution in [0.4, 0.5) is 0 Å². The molecule has 23 heavy (non-hydrogen) atoms. The molecule has 5 heteroatoms. The minimum absolute atomic E-state index is 0.0700. The molecule has 0 fully saturated rings. The van der Waals surface area contributed by atoms with E-state index in [4.69, 9.17) is 15.2 Å². The Morgan fingerprint density at radius 3 is 2.57 bits per heavy atom. The highest BCUT2D eigenvalue weighted by atomic mass is 16.5. The van der Waals surface area contributed by atoms with Gasteiger partial charge in [-0.05, 0) is 56.0 Å². The largest absolute Gasteiger partial charge is 0.493 e. The molecule has 1 unspecified atom stereocenters. The fraction of sp³-hybridized carbons (Fsp3) is 0.611. The summed E-state index contributed by atoms with van der Waals surface area (Å²) < 4.78 is 10.8. The second-order valence-electron chi connectivity index (χ2n) is 6.02. The van der Waals surface area contributed by atoms with Crippen LogP contribution in [0.1, 0.15) is 49.8 Å². The Morgan fingerprint density at radius 1 is 1.22 bits per heavy atom. The monoisotopic (exact) mass is 320 g/mol. The van der Waals surface area contributed by atoms with E-state index in [1.54, 1.807) is 14.2 Å². The number of amides is 1. The molecule has 128 valence electrons. The zero-order valence-electron chi connectivity index (χ0n) is 14.4. The van der Waals surface area contributed by atoms with Gasteiger partial charge in [0.05, 0.1) is 20.3 Å². The summed E-state index contributed by atoms with van der Waals surface area (Å²) in [5, 5.41) is 0. The first-order chi connectivity index (χ1) is 11.1. The molecule has 2 rings (SSSR count). The first-order valence-corrected chi connectivity index (χ1v) is 8.36. The Labute approximate surface area is 138 Å². The summed E-state index contributed by atoms with van der Waals surface area (Å²) in [6.07, 6.45) is 4.38. The lowest BCUT2D eigenvalue weighted by Crippen LogP contribution is -2.38. The maximum Gasteiger partial charge on any atom is 0.223 e. The van der Waals surface area contributed by atoms with Crippen molar-refractivity contribution in [3.05, 3.63) is 23.3 Å². The molecular formula is C18H28N2O3. The van der Waals surface area contributed by atoms with Crippen LogP contribution in [0.5, 0.6) is 11.5 Å². The molecule has 0 aliphatic carbocycles. The maximum absolute atomic E-state index is 12.5. The quantitative estimate of drug-likeness (QED) is 0.785. The fourth-order valence-electron chi connectivity index (χ4n) is 3.23. The number of unbranched alkanes of at least 4 members (excludes halogenated alkanes) is 2. The van der Waals surface area contributed by atoms with Gasteiger partial charge < -0.3 is 20.1 Å². The topological polar surface area (TPSA) is 64.8 Å². The van der Waals surface area contributed by atoms with Gasteiger partial charge in [-0.3, -0.25) is 4.79 Å². The molecule has 1 atom stereocenters. The van der Waals surface area contributed by atoms with Gasteiger partial charge in [0.2, 0.25) is 5.91 Å². The predicted molar refractivity (Wildman–Crippen MR) is 90.9 cm³/mol. The van der Waals surface area contributed by atoms with E-state index in [0.717, 1.165) is 49.3 Å². The lowest BCUT2D eigenvalue weighted by atomic mass is 9.92. The van der Waals surface area contributed by atoms with E-state index in [2.05, 4.69) is 6.92 Å². The Morgan fingerprint density at radius 2 is 1.91 bits per heavy atom. The van der Waals surface area contributed by atoms with Crippen molar-refractivity contribution in [2.45, 2.75) is 45.1 Å². The summed E-state index contributed by atoms with van der Waals surface area (Å²) in [4.78, 5) is 14.5. The number of methoxy groups -OCH3 is 2. The molecular weight excluding hydrogens is 292 g/mol. The van der Waals surface area contributed by atoms with Crippen molar-refractivity contribution in [1.29, 1.82) is 0 Å². The van der Waals surface area contributed by atoms with E-state index < -0.39 is 0 Å². The van der Waals surface area contributed by atoms with Crippen LogP contribution in [0.3, 0.4) is 0 Å². The average molecular weight is 320 g/mol. The molecule has 0 spiro atoms. The van der Waals surface area contributed by atoms with Crippen LogP contribution in [0.2, 0.25) is 0 Å². The zero-order valence-corrected chi connectivity index (χ0v) is 14.4. The van der Waals surface area contributed by atoms with Crippen molar-refractivity contribution in [3.8, 4) is 11.5 Å². The lowest BCUT2D eigenvalue weighted by molar-refractivity contribution is -0.133. The van der Waals surface area contributed by atoms with Crippen LogP contribution < -0.4 is 15.2 Å². The molecule has 0 saturated carbocycles. The fourth-order valence-corrected chi connectivity index (χ4v) is 3.23. The molecule has 1 aliphatic heterocycles. The molecule has 2 N–H and O–H groups in total. The van der Waals surface area contributed by atoms with Crippen molar-refractivity contribution in [3.63, 3.8) is 0 Å². The third kappa shape index (κ3) is 3.96. The van der Waals surface area contributed by atoms with Crippen molar-refractivity contribution in [1.82, 2.24) is 4.90 Å². The van der Waals surface area contributed by atoms with Crippen LogP contribution in [-0.4, -0.2) is 38.1 Å². The van der Waals surface area contributed by atoms with E-state index in [1.165, 1.54) is 5.56 Å². The average Bonchev–Trinajstić information content (AvgIpc) is 2.57. The number of fused-ring (bicyclic) bond motifs is 1. The third-order valence-electron chi connectivity index (χ3n) is 4.60. The number of ether oxygens (including phenoxy) is 2. The molecule has 0 aromatic heterocycles. The number of carbonyl (C=O) groups excluding carboxylic acids is 1. The number of nitrogens with two attached hydrogens (primary N) is 1. The Hall–Kier alpha value is -1.75. The van der Waals surface area contributed by atoms with Crippen LogP contribution in [-0.2, 0) is 11.2 Å². The first kappa shape index (κ1) is 17.6. The lowest BCUT2D eigenvalue weighted by Gasteiger charge is -2.36. The molecule has 5 nitrogen and oxygen atoms in total. The van der Waals surface area contributed by atoms with Crippen molar-refractivity contribution < 1.29 is 14.3 Å². The van der Waals surface area contributed by atoms with Gasteiger partial charge in [-0.25, -0.2) is 0 Å². The number of carbonyl (C=O) groups is 1. The van der Waals surface area contributed by atoms with E-state index in [-0.39, 0.29) is 11.9 Å². The second-order valence-corrected chi connectivity index (χ2v) is 6.02. The standard InChI is InChI=1S/C18H28N2O3/c1-13-15-12-17(23-3)16(22-2)11-14(15)8-10-20(13)18(21)7-5-4-6-9-19/h11-13H,4-10,19H2,1-3H3. The highest BCUT2D eigenvalue weighted by Crippen LogP contribution is 2.38. The van der Waals surface area contributed by atoms with Crippen molar-refractivity contribution in [2.24, 2.45) is 5.73 Å². The molecule has 0 radical (unpaired) electrons. The van der Waals surface area contributed by atoms with Crippen LogP contribution in [0.25, 0.3) is 0 Å². The Bertz CT molecular complexity index is 545. The molecule has 1 amide bonds. The summed E-state index contributed by atoms with van der Waals surface area (Å²) in [7, 11) is 3.28. The number of hydrogen-bond acceptors (Lipinski definition) is 4. The minimum Gasteiger partial charge on any atom is -0.493 e. The molecule has 1 aliphatic rings. The van der Waals surface area contributed by atoms with E-state index in [0.29, 0.717) is 13.0 Å². The predicted octanol–water partition coefficient (Wildman–Crippen LogP) is 2.67.